The van der Waals surface area contributed by atoms with Crippen LogP contribution in [0.1, 0.15) is 18.9 Å². The highest BCUT2D eigenvalue weighted by Gasteiger charge is 2.86. The lowest BCUT2D eigenvalue weighted by Gasteiger charge is -2.64. The predicted molar refractivity (Wildman–Crippen MR) is 160 cm³/mol. The first-order valence-corrected chi connectivity index (χ1v) is 18.3. The van der Waals surface area contributed by atoms with E-state index in [9.17, 15) is 18.1 Å². The van der Waals surface area contributed by atoms with E-state index in [-0.39, 0.29) is 42.5 Å². The highest BCUT2D eigenvalue weighted by atomic mass is 32.5. The van der Waals surface area contributed by atoms with Crippen LogP contribution in [0.4, 0.5) is 11.8 Å². The smallest absolute Gasteiger partial charge is 0.325 e. The van der Waals surface area contributed by atoms with Gasteiger partial charge in [0.1, 0.15) is 41.9 Å². The lowest BCUT2D eigenvalue weighted by molar-refractivity contribution is -0.298. The molecule has 5 aliphatic heterocycles. The number of nitrogens with one attached hydrogen (secondary N) is 2. The summed E-state index contributed by atoms with van der Waals surface area (Å²) in [6, 6.07) is 0. The quantitative estimate of drug-likeness (QED) is 0.143. The first-order valence-electron chi connectivity index (χ1n) is 14.2. The molecule has 10 rings (SSSR count). The van der Waals surface area contributed by atoms with Gasteiger partial charge in [0.15, 0.2) is 40.0 Å². The van der Waals surface area contributed by atoms with E-state index in [1.54, 1.807) is 4.57 Å². The fraction of sp³-hybridized carbons (Fsp3) is 0.565. The van der Waals surface area contributed by atoms with Gasteiger partial charge in [0, 0.05) is 20.1 Å². The van der Waals surface area contributed by atoms with Crippen molar-refractivity contribution >= 4 is 62.6 Å². The van der Waals surface area contributed by atoms with Crippen molar-refractivity contribution in [2.24, 2.45) is 5.92 Å². The maximum Gasteiger partial charge on any atom is 0.325 e. The standard InChI is InChI=1S/C23H26N11O10PS2/c1-39-11-8-2-30-47(37,38)23-3-22(14(23)13(42-23)20(43-22)33-6-28-9-15(24)26-5-27-16(9)33)4-40-45(36,46)44-12(11)19(41-8)34-7-29-10-17(34)31-21(25)32-18(10)35/h5-8,11-14,19-20,30H,2-4H2,1H3,(H,36,46)(H2,24,26,27)(H3,25,31,32,35)/t8-,11-,12-,13-,14?,19-,20-,22-,23-,45?/m1/s1. The Labute approximate surface area is 268 Å². The second-order valence-electron chi connectivity index (χ2n) is 11.9. The minimum Gasteiger partial charge on any atom is -0.382 e. The SMILES string of the molecule is CO[C@H]1[C@H]2OP(O)(=S)OC[C@]34C[C@@]5(O[C@H](C35)[C@H](n3cnc5c(N)ncnc53)O4)S(=O)(=O)NC[C@H]1O[C@H]2n1cnc2c(=O)[nH]c(N)nc21. The van der Waals surface area contributed by atoms with Crippen LogP contribution in [0.25, 0.3) is 22.3 Å². The zero-order valence-corrected chi connectivity index (χ0v) is 26.6. The van der Waals surface area contributed by atoms with E-state index >= 15 is 0 Å². The molecule has 6 aliphatic rings. The van der Waals surface area contributed by atoms with Gasteiger partial charge >= 0.3 is 6.72 Å². The first-order chi connectivity index (χ1) is 22.4. The van der Waals surface area contributed by atoms with E-state index in [0.717, 1.165) is 0 Å². The Morgan fingerprint density at radius 2 is 1.87 bits per heavy atom. The molecule has 1 aliphatic carbocycles. The Hall–Kier alpha value is -3.22. The normalized spacial score (nSPS) is 40.6. The molecule has 4 bridgehead atoms. The summed E-state index contributed by atoms with van der Waals surface area (Å²) in [5.74, 6) is -0.734. The lowest BCUT2D eigenvalue weighted by atomic mass is 9.61. The van der Waals surface area contributed by atoms with E-state index in [2.05, 4.69) is 34.6 Å². The van der Waals surface area contributed by atoms with Gasteiger partial charge in [-0.15, -0.1) is 0 Å². The zero-order chi connectivity index (χ0) is 32.7. The highest BCUT2D eigenvalue weighted by Crippen LogP contribution is 2.72. The number of ether oxygens (including phenoxy) is 4. The largest absolute Gasteiger partial charge is 0.382 e. The molecule has 0 radical (unpaired) electrons. The van der Waals surface area contributed by atoms with Crippen LogP contribution in [-0.4, -0.2) is 108 Å². The zero-order valence-electron chi connectivity index (χ0n) is 24.1. The molecule has 24 heteroatoms. The minimum absolute atomic E-state index is 0.0393. The van der Waals surface area contributed by atoms with Crippen molar-refractivity contribution in [2.75, 3.05) is 31.7 Å². The van der Waals surface area contributed by atoms with Gasteiger partial charge in [-0.3, -0.25) is 23.4 Å². The van der Waals surface area contributed by atoms with Crippen LogP contribution in [0, 0.1) is 5.92 Å². The molecule has 1 saturated carbocycles. The van der Waals surface area contributed by atoms with E-state index in [0.29, 0.717) is 11.2 Å². The average molecular weight is 712 g/mol. The summed E-state index contributed by atoms with van der Waals surface area (Å²) in [7, 11) is -2.83. The van der Waals surface area contributed by atoms with Crippen LogP contribution < -0.4 is 21.7 Å². The van der Waals surface area contributed by atoms with Gasteiger partial charge in [-0.2, -0.15) is 4.98 Å². The molecule has 0 aromatic carbocycles. The Balaban J connectivity index is 1.09. The van der Waals surface area contributed by atoms with E-state index in [4.69, 9.17) is 51.3 Å². The van der Waals surface area contributed by atoms with Crippen molar-refractivity contribution in [3.63, 3.8) is 0 Å². The molecule has 6 fully saturated rings. The molecule has 9 heterocycles. The number of aromatic nitrogens is 8. The number of H-pyrrole nitrogens is 1. The maximum absolute atomic E-state index is 14.0. The van der Waals surface area contributed by atoms with Gasteiger partial charge in [0.2, 0.25) is 16.0 Å². The van der Waals surface area contributed by atoms with E-state index in [1.165, 1.54) is 30.7 Å². The third-order valence-corrected chi connectivity index (χ3v) is 13.0. The molecule has 2 unspecified atom stereocenters. The highest BCUT2D eigenvalue weighted by molar-refractivity contribution is 8.07. The molecule has 4 aromatic heterocycles. The Morgan fingerprint density at radius 1 is 1.11 bits per heavy atom. The summed E-state index contributed by atoms with van der Waals surface area (Å²) in [4.78, 5) is 45.4. The third-order valence-electron chi connectivity index (χ3n) is 9.49. The number of methoxy groups -OCH3 is 1. The number of hydrogen-bond donors (Lipinski definition) is 5. The van der Waals surface area contributed by atoms with Crippen molar-refractivity contribution in [2.45, 2.75) is 53.8 Å². The summed E-state index contributed by atoms with van der Waals surface area (Å²) in [6.45, 7) is -4.73. The predicted octanol–water partition coefficient (Wildman–Crippen LogP) is -2.03. The molecular formula is C23H26N11O10PS2. The number of anilines is 2. The molecule has 2 spiro atoms. The number of rotatable bonds is 3. The van der Waals surface area contributed by atoms with Gasteiger partial charge in [-0.25, -0.2) is 33.1 Å². The minimum atomic E-state index is -4.20. The van der Waals surface area contributed by atoms with E-state index in [1.807, 2.05) is 0 Å². The summed E-state index contributed by atoms with van der Waals surface area (Å²) < 4.78 is 70.2. The van der Waals surface area contributed by atoms with Crippen molar-refractivity contribution in [1.82, 2.24) is 43.8 Å². The van der Waals surface area contributed by atoms with Crippen LogP contribution in [-0.2, 0) is 49.8 Å². The van der Waals surface area contributed by atoms with Crippen LogP contribution in [0.3, 0.4) is 0 Å². The van der Waals surface area contributed by atoms with Gasteiger partial charge in [-0.05, 0) is 11.8 Å². The van der Waals surface area contributed by atoms with Gasteiger partial charge in [0.05, 0.1) is 25.2 Å². The molecule has 47 heavy (non-hydrogen) atoms. The Bertz CT molecular complexity index is 2200. The molecule has 5 saturated heterocycles. The third kappa shape index (κ3) is 3.98. The molecular weight excluding hydrogens is 685 g/mol. The van der Waals surface area contributed by atoms with Crippen molar-refractivity contribution in [3.05, 3.63) is 29.3 Å². The number of fused-ring (bicyclic) bond motifs is 7. The van der Waals surface area contributed by atoms with Crippen molar-refractivity contribution in [3.8, 4) is 0 Å². The number of nitrogens with zero attached hydrogens (tertiary/aromatic N) is 7. The van der Waals surface area contributed by atoms with Crippen LogP contribution >= 0.6 is 6.72 Å². The number of sulfonamides is 1. The molecule has 7 N–H and O–H groups in total. The average Bonchev–Trinajstić information content (AvgIpc) is 3.72. The van der Waals surface area contributed by atoms with Crippen molar-refractivity contribution < 1.29 is 41.3 Å². The fourth-order valence-electron chi connectivity index (χ4n) is 7.53. The summed E-state index contributed by atoms with van der Waals surface area (Å²) in [5, 5.41) is 0. The number of nitrogen functional groups attached to an aromatic ring is 2. The topological polar surface area (TPSA) is 281 Å². The van der Waals surface area contributed by atoms with Gasteiger partial charge in [0.25, 0.3) is 5.56 Å². The van der Waals surface area contributed by atoms with Crippen LogP contribution in [0.15, 0.2) is 23.8 Å². The Morgan fingerprint density at radius 3 is 2.66 bits per heavy atom. The van der Waals surface area contributed by atoms with Crippen LogP contribution in [0.5, 0.6) is 0 Å². The van der Waals surface area contributed by atoms with E-state index < -0.39 is 75.6 Å². The second-order valence-corrected chi connectivity index (χ2v) is 16.7. The number of hydrogen-bond acceptors (Lipinski definition) is 17. The number of aromatic amines is 1. The maximum atomic E-state index is 14.0. The molecule has 250 valence electrons. The Kier molecular flexibility index (Phi) is 6.16. The first kappa shape index (κ1) is 29.9. The lowest BCUT2D eigenvalue weighted by Crippen LogP contribution is -2.81. The molecule has 4 aromatic rings. The number of imidazole rings is 2. The van der Waals surface area contributed by atoms with Gasteiger partial charge < -0.3 is 39.8 Å². The molecule has 21 nitrogen and oxygen atoms in total. The fourth-order valence-corrected chi connectivity index (χ4v) is 10.9. The summed E-state index contributed by atoms with van der Waals surface area (Å²) in [5.41, 5.74) is 10.6. The molecule has 0 amide bonds. The van der Waals surface area contributed by atoms with Gasteiger partial charge in [-0.1, -0.05) is 0 Å². The van der Waals surface area contributed by atoms with Crippen LogP contribution in [0.2, 0.25) is 0 Å². The molecule has 10 atom stereocenters. The van der Waals surface area contributed by atoms with Crippen molar-refractivity contribution in [1.29, 1.82) is 0 Å². The number of nitrogens with two attached hydrogens (primary N) is 2. The summed E-state index contributed by atoms with van der Waals surface area (Å²) >= 11 is 5.47. The monoisotopic (exact) mass is 711 g/mol. The second kappa shape index (κ2) is 9.69. The summed E-state index contributed by atoms with van der Waals surface area (Å²) in [6.07, 6.45) is -2.02.